The van der Waals surface area contributed by atoms with Crippen molar-refractivity contribution in [2.24, 2.45) is 5.18 Å². The number of aliphatic hydroxyl groups is 1. The fraction of sp³-hybridized carbons (Fsp3) is 0.278. The maximum Gasteiger partial charge on any atom is 0.253 e. The molecule has 23 heavy (non-hydrogen) atoms. The molecule has 0 aliphatic carbocycles. The topological polar surface area (TPSA) is 70.0 Å². The molecule has 0 bridgehead atoms. The zero-order valence-corrected chi connectivity index (χ0v) is 13.3. The molecule has 0 aromatic heterocycles. The lowest BCUT2D eigenvalue weighted by molar-refractivity contribution is 0.0773. The second kappa shape index (κ2) is 7.65. The van der Waals surface area contributed by atoms with Gasteiger partial charge in [-0.25, -0.2) is 0 Å². The predicted molar refractivity (Wildman–Crippen MR) is 89.7 cm³/mol. The lowest BCUT2D eigenvalue weighted by atomic mass is 10.00. The van der Waals surface area contributed by atoms with E-state index in [1.165, 1.54) is 0 Å². The molecule has 5 nitrogen and oxygen atoms in total. The zero-order valence-electron chi connectivity index (χ0n) is 13.3. The molecule has 2 aromatic rings. The Labute approximate surface area is 135 Å². The van der Waals surface area contributed by atoms with Gasteiger partial charge in [0.15, 0.2) is 0 Å². The van der Waals surface area contributed by atoms with Crippen LogP contribution in [0.25, 0.3) is 0 Å². The summed E-state index contributed by atoms with van der Waals surface area (Å²) in [5, 5.41) is 13.3. The quantitative estimate of drug-likeness (QED) is 0.828. The van der Waals surface area contributed by atoms with Crippen molar-refractivity contribution < 1.29 is 9.90 Å². The second-order valence-electron chi connectivity index (χ2n) is 5.19. The van der Waals surface area contributed by atoms with Crippen molar-refractivity contribution in [2.75, 3.05) is 13.1 Å². The molecule has 0 radical (unpaired) electrons. The number of amides is 1. The summed E-state index contributed by atoms with van der Waals surface area (Å²) in [6.45, 7) is 5.19. The molecule has 1 N–H and O–H groups in total. The number of hydrogen-bond donors (Lipinski definition) is 1. The van der Waals surface area contributed by atoms with E-state index in [2.05, 4.69) is 5.18 Å². The molecular weight excluding hydrogens is 292 g/mol. The maximum absolute atomic E-state index is 12.3. The minimum Gasteiger partial charge on any atom is -0.384 e. The molecule has 120 valence electrons. The number of nitrogens with zero attached hydrogens (tertiary/aromatic N) is 2. The SMILES string of the molecule is CCN(CC)C(=O)c1ccc(C(O)c2cccc(N=O)c2)cc1. The molecule has 0 spiro atoms. The number of rotatable bonds is 6. The molecule has 5 heteroatoms. The highest BCUT2D eigenvalue weighted by atomic mass is 16.3. The van der Waals surface area contributed by atoms with Crippen molar-refractivity contribution in [1.29, 1.82) is 0 Å². The van der Waals surface area contributed by atoms with E-state index in [9.17, 15) is 14.8 Å². The third kappa shape index (κ3) is 3.81. The Morgan fingerprint density at radius 3 is 2.30 bits per heavy atom. The van der Waals surface area contributed by atoms with Gasteiger partial charge in [-0.15, -0.1) is 4.91 Å². The van der Waals surface area contributed by atoms with Gasteiger partial charge in [0.05, 0.1) is 0 Å². The van der Waals surface area contributed by atoms with Crippen LogP contribution in [0, 0.1) is 4.91 Å². The van der Waals surface area contributed by atoms with Gasteiger partial charge < -0.3 is 10.0 Å². The fourth-order valence-electron chi connectivity index (χ4n) is 2.45. The highest BCUT2D eigenvalue weighted by Gasteiger charge is 2.15. The van der Waals surface area contributed by atoms with Crippen LogP contribution in [0.15, 0.2) is 53.7 Å². The summed E-state index contributed by atoms with van der Waals surface area (Å²) in [6, 6.07) is 13.4. The predicted octanol–water partition coefficient (Wildman–Crippen LogP) is 3.65. The Hall–Kier alpha value is -2.53. The van der Waals surface area contributed by atoms with Crippen LogP contribution >= 0.6 is 0 Å². The van der Waals surface area contributed by atoms with E-state index in [0.29, 0.717) is 29.8 Å². The van der Waals surface area contributed by atoms with Crippen LogP contribution in [-0.4, -0.2) is 29.0 Å². The van der Waals surface area contributed by atoms with Crippen molar-refractivity contribution in [3.05, 3.63) is 70.1 Å². The molecule has 0 aliphatic heterocycles. The highest BCUT2D eigenvalue weighted by Crippen LogP contribution is 2.25. The third-order valence-electron chi connectivity index (χ3n) is 3.82. The number of carbonyl (C=O) groups is 1. The largest absolute Gasteiger partial charge is 0.384 e. The summed E-state index contributed by atoms with van der Waals surface area (Å²) in [4.78, 5) is 24.6. The van der Waals surface area contributed by atoms with Crippen LogP contribution in [0.1, 0.15) is 41.4 Å². The van der Waals surface area contributed by atoms with Crippen LogP contribution in [0.3, 0.4) is 0 Å². The van der Waals surface area contributed by atoms with E-state index in [0.717, 1.165) is 0 Å². The fourth-order valence-corrected chi connectivity index (χ4v) is 2.45. The molecule has 0 aliphatic rings. The molecule has 2 rings (SSSR count). The van der Waals surface area contributed by atoms with E-state index >= 15 is 0 Å². The average molecular weight is 312 g/mol. The normalized spacial score (nSPS) is 11.8. The minimum absolute atomic E-state index is 0.0248. The maximum atomic E-state index is 12.3. The monoisotopic (exact) mass is 312 g/mol. The molecule has 1 unspecified atom stereocenters. The smallest absolute Gasteiger partial charge is 0.253 e. The first-order valence-corrected chi connectivity index (χ1v) is 7.61. The van der Waals surface area contributed by atoms with Crippen molar-refractivity contribution >= 4 is 11.6 Å². The van der Waals surface area contributed by atoms with E-state index in [1.807, 2.05) is 13.8 Å². The van der Waals surface area contributed by atoms with Gasteiger partial charge >= 0.3 is 0 Å². The van der Waals surface area contributed by atoms with E-state index in [4.69, 9.17) is 0 Å². The van der Waals surface area contributed by atoms with E-state index in [1.54, 1.807) is 53.4 Å². The van der Waals surface area contributed by atoms with Crippen LogP contribution in [0.5, 0.6) is 0 Å². The Bertz CT molecular complexity index is 679. The minimum atomic E-state index is -0.866. The molecule has 0 saturated carbocycles. The number of benzene rings is 2. The number of hydrogen-bond acceptors (Lipinski definition) is 4. The van der Waals surface area contributed by atoms with Gasteiger partial charge in [-0.1, -0.05) is 24.3 Å². The highest BCUT2D eigenvalue weighted by molar-refractivity contribution is 5.94. The lowest BCUT2D eigenvalue weighted by Crippen LogP contribution is -2.30. The van der Waals surface area contributed by atoms with Crippen LogP contribution in [0.4, 0.5) is 5.69 Å². The molecule has 1 atom stereocenters. The Kier molecular flexibility index (Phi) is 5.60. The van der Waals surface area contributed by atoms with Gasteiger partial charge in [0.2, 0.25) is 0 Å². The molecule has 2 aromatic carbocycles. The van der Waals surface area contributed by atoms with Gasteiger partial charge in [0, 0.05) is 18.7 Å². The molecule has 0 fully saturated rings. The standard InChI is InChI=1S/C18H20N2O3/c1-3-20(4-2)18(22)14-10-8-13(9-11-14)17(21)15-6-5-7-16(12-15)19-23/h5-12,17,21H,3-4H2,1-2H3. The zero-order chi connectivity index (χ0) is 16.8. The average Bonchev–Trinajstić information content (AvgIpc) is 2.62. The summed E-state index contributed by atoms with van der Waals surface area (Å²) in [5.41, 5.74) is 2.11. The molecule has 0 heterocycles. The number of carbonyl (C=O) groups excluding carboxylic acids is 1. The summed E-state index contributed by atoms with van der Waals surface area (Å²) in [6.07, 6.45) is -0.866. The summed E-state index contributed by atoms with van der Waals surface area (Å²) < 4.78 is 0. The van der Waals surface area contributed by atoms with Crippen LogP contribution in [0.2, 0.25) is 0 Å². The molecular formula is C18H20N2O3. The summed E-state index contributed by atoms with van der Waals surface area (Å²) >= 11 is 0. The third-order valence-corrected chi connectivity index (χ3v) is 3.82. The van der Waals surface area contributed by atoms with Gasteiger partial charge in [-0.2, -0.15) is 0 Å². The second-order valence-corrected chi connectivity index (χ2v) is 5.19. The van der Waals surface area contributed by atoms with E-state index in [-0.39, 0.29) is 11.6 Å². The Morgan fingerprint density at radius 2 is 1.74 bits per heavy atom. The van der Waals surface area contributed by atoms with Crippen molar-refractivity contribution in [3.8, 4) is 0 Å². The van der Waals surface area contributed by atoms with Gasteiger partial charge in [0.25, 0.3) is 5.91 Å². The lowest BCUT2D eigenvalue weighted by Gasteiger charge is -2.19. The first kappa shape index (κ1) is 16.8. The Balaban J connectivity index is 2.21. The van der Waals surface area contributed by atoms with Gasteiger partial charge in [-0.05, 0) is 54.4 Å². The first-order valence-electron chi connectivity index (χ1n) is 7.61. The Morgan fingerprint density at radius 1 is 1.09 bits per heavy atom. The summed E-state index contributed by atoms with van der Waals surface area (Å²) in [7, 11) is 0. The first-order chi connectivity index (χ1) is 11.1. The van der Waals surface area contributed by atoms with Crippen LogP contribution < -0.4 is 0 Å². The van der Waals surface area contributed by atoms with Crippen molar-refractivity contribution in [1.82, 2.24) is 4.90 Å². The van der Waals surface area contributed by atoms with Crippen molar-refractivity contribution in [3.63, 3.8) is 0 Å². The number of nitroso groups, excluding NO2 is 1. The van der Waals surface area contributed by atoms with Gasteiger partial charge in [-0.3, -0.25) is 4.79 Å². The molecule has 1 amide bonds. The summed E-state index contributed by atoms with van der Waals surface area (Å²) in [5.74, 6) is -0.0248. The van der Waals surface area contributed by atoms with Crippen LogP contribution in [-0.2, 0) is 0 Å². The van der Waals surface area contributed by atoms with Crippen molar-refractivity contribution in [2.45, 2.75) is 20.0 Å². The molecule has 0 saturated heterocycles. The van der Waals surface area contributed by atoms with Gasteiger partial charge in [0.1, 0.15) is 11.8 Å². The number of aliphatic hydroxyl groups excluding tert-OH is 1. The van der Waals surface area contributed by atoms with E-state index < -0.39 is 6.10 Å².